The van der Waals surface area contributed by atoms with E-state index < -0.39 is 5.60 Å². The maximum Gasteiger partial charge on any atom is 0.260 e. The van der Waals surface area contributed by atoms with Crippen molar-refractivity contribution >= 4 is 28.3 Å². The minimum atomic E-state index is -1.16. The number of oxime groups is 1. The number of para-hydroxylation sites is 1. The lowest BCUT2D eigenvalue weighted by molar-refractivity contribution is -0.159. The normalized spacial score (nSPS) is 36.0. The van der Waals surface area contributed by atoms with Gasteiger partial charge in [-0.15, -0.1) is 0 Å². The Labute approximate surface area is 236 Å². The van der Waals surface area contributed by atoms with E-state index in [1.165, 1.54) is 16.5 Å². The van der Waals surface area contributed by atoms with Gasteiger partial charge in [0.05, 0.1) is 5.71 Å². The van der Waals surface area contributed by atoms with E-state index in [-0.39, 0.29) is 29.1 Å². The van der Waals surface area contributed by atoms with Crippen LogP contribution in [0.1, 0.15) is 77.7 Å². The smallest absolute Gasteiger partial charge is 0.260 e. The van der Waals surface area contributed by atoms with Gasteiger partial charge in [-0.2, -0.15) is 0 Å². The molecule has 4 aliphatic carbocycles. The molecule has 6 atom stereocenters. The fourth-order valence-electron chi connectivity index (χ4n) is 9.14. The summed E-state index contributed by atoms with van der Waals surface area (Å²) in [6.07, 6.45) is 12.5. The van der Waals surface area contributed by atoms with E-state index in [2.05, 4.69) is 47.5 Å². The van der Waals surface area contributed by atoms with Gasteiger partial charge in [-0.1, -0.05) is 42.8 Å². The van der Waals surface area contributed by atoms with Crippen molar-refractivity contribution in [3.05, 3.63) is 47.7 Å². The third-order valence-electron chi connectivity index (χ3n) is 11.5. The number of Topliss-reactive ketones (excluding diaryl/α,β-unsaturated/α-hetero) is 1. The Morgan fingerprint density at radius 3 is 2.73 bits per heavy atom. The number of fused-ring (bicyclic) bond motifs is 6. The summed E-state index contributed by atoms with van der Waals surface area (Å²) in [7, 11) is 0. The topological polar surface area (TPSA) is 104 Å². The molecule has 3 fully saturated rings. The predicted molar refractivity (Wildman–Crippen MR) is 156 cm³/mol. The Morgan fingerprint density at radius 2 is 1.90 bits per heavy atom. The van der Waals surface area contributed by atoms with Crippen LogP contribution in [0.5, 0.6) is 0 Å². The van der Waals surface area contributed by atoms with Crippen molar-refractivity contribution in [2.24, 2.45) is 33.7 Å². The van der Waals surface area contributed by atoms with Crippen LogP contribution < -0.4 is 5.32 Å². The van der Waals surface area contributed by atoms with Crippen LogP contribution in [0.25, 0.3) is 10.9 Å². The molecule has 1 aromatic heterocycles. The number of nitrogens with one attached hydrogen (secondary N) is 2. The largest absolute Gasteiger partial charge is 0.385 e. The van der Waals surface area contributed by atoms with Crippen LogP contribution in [-0.2, 0) is 20.8 Å². The first-order chi connectivity index (χ1) is 19.2. The number of ketones is 1. The molecule has 3 saturated carbocycles. The first-order valence-corrected chi connectivity index (χ1v) is 15.1. The summed E-state index contributed by atoms with van der Waals surface area (Å²) < 4.78 is 0. The van der Waals surface area contributed by atoms with Gasteiger partial charge in [-0.05, 0) is 106 Å². The van der Waals surface area contributed by atoms with E-state index in [4.69, 9.17) is 4.84 Å². The molecule has 2 aromatic rings. The second-order valence-corrected chi connectivity index (χ2v) is 13.2. The molecule has 1 heterocycles. The molecule has 4 aliphatic rings. The molecule has 7 nitrogen and oxygen atoms in total. The fourth-order valence-corrected chi connectivity index (χ4v) is 9.14. The number of amides is 1. The second kappa shape index (κ2) is 10.2. The first kappa shape index (κ1) is 27.3. The first-order valence-electron chi connectivity index (χ1n) is 15.1. The van der Waals surface area contributed by atoms with E-state index in [9.17, 15) is 14.7 Å². The zero-order valence-corrected chi connectivity index (χ0v) is 24.1. The van der Waals surface area contributed by atoms with Gasteiger partial charge in [0, 0.05) is 29.1 Å². The molecule has 3 N–H and O–H groups in total. The van der Waals surface area contributed by atoms with Gasteiger partial charge in [0.15, 0.2) is 12.4 Å². The number of aliphatic hydroxyl groups is 1. The third kappa shape index (κ3) is 4.32. The number of hydrogen-bond donors (Lipinski definition) is 3. The maximum atomic E-state index is 12.5. The fraction of sp³-hybridized carbons (Fsp3) is 0.606. The van der Waals surface area contributed by atoms with Crippen molar-refractivity contribution in [2.75, 3.05) is 13.2 Å². The summed E-state index contributed by atoms with van der Waals surface area (Å²) in [6, 6.07) is 8.17. The number of H-pyrrole nitrogens is 1. The molecule has 214 valence electrons. The monoisotopic (exact) mass is 545 g/mol. The van der Waals surface area contributed by atoms with Gasteiger partial charge in [-0.25, -0.2) is 0 Å². The molecule has 0 spiro atoms. The van der Waals surface area contributed by atoms with Crippen molar-refractivity contribution in [3.63, 3.8) is 0 Å². The second-order valence-electron chi connectivity index (χ2n) is 13.2. The van der Waals surface area contributed by atoms with E-state index in [0.29, 0.717) is 30.7 Å². The Kier molecular flexibility index (Phi) is 6.92. The molecule has 1 aromatic carbocycles. The summed E-state index contributed by atoms with van der Waals surface area (Å²) in [4.78, 5) is 33.6. The number of carbonyl (C=O) groups is 2. The number of benzene rings is 1. The lowest BCUT2D eigenvalue weighted by Crippen LogP contribution is -2.57. The van der Waals surface area contributed by atoms with Crippen LogP contribution >= 0.6 is 0 Å². The highest BCUT2D eigenvalue weighted by atomic mass is 16.6. The number of allylic oxidation sites excluding steroid dienone is 2. The summed E-state index contributed by atoms with van der Waals surface area (Å²) in [6.45, 7) is 6.64. The summed E-state index contributed by atoms with van der Waals surface area (Å²) >= 11 is 0. The molecule has 0 bridgehead atoms. The molecule has 1 amide bonds. The van der Waals surface area contributed by atoms with Crippen LogP contribution in [0.4, 0.5) is 0 Å². The third-order valence-corrected chi connectivity index (χ3v) is 11.5. The minimum absolute atomic E-state index is 0.0555. The highest BCUT2D eigenvalue weighted by Crippen LogP contribution is 2.67. The predicted octanol–water partition coefficient (Wildman–Crippen LogP) is 5.48. The van der Waals surface area contributed by atoms with Crippen LogP contribution in [0.2, 0.25) is 0 Å². The number of rotatable bonds is 7. The van der Waals surface area contributed by atoms with Gasteiger partial charge < -0.3 is 20.2 Å². The van der Waals surface area contributed by atoms with Gasteiger partial charge >= 0.3 is 0 Å². The van der Waals surface area contributed by atoms with E-state index in [0.717, 1.165) is 62.6 Å². The Bertz CT molecular complexity index is 1380. The molecular formula is C33H43N3O4. The van der Waals surface area contributed by atoms with E-state index >= 15 is 0 Å². The highest BCUT2D eigenvalue weighted by Gasteiger charge is 2.65. The maximum absolute atomic E-state index is 12.5. The van der Waals surface area contributed by atoms with E-state index in [1.807, 2.05) is 18.3 Å². The molecule has 0 unspecified atom stereocenters. The number of nitrogens with zero attached hydrogens (tertiary/aromatic N) is 1. The number of aromatic amines is 1. The summed E-state index contributed by atoms with van der Waals surface area (Å²) in [5.74, 6) is 1.32. The van der Waals surface area contributed by atoms with Gasteiger partial charge in [0.25, 0.3) is 5.91 Å². The zero-order valence-electron chi connectivity index (χ0n) is 24.1. The molecule has 0 radical (unpaired) electrons. The molecule has 0 saturated heterocycles. The molecule has 7 heteroatoms. The van der Waals surface area contributed by atoms with Crippen LogP contribution in [0.3, 0.4) is 0 Å². The van der Waals surface area contributed by atoms with Crippen molar-refractivity contribution in [3.8, 4) is 0 Å². The van der Waals surface area contributed by atoms with E-state index in [1.54, 1.807) is 6.92 Å². The quantitative estimate of drug-likeness (QED) is 0.401. The van der Waals surface area contributed by atoms with Gasteiger partial charge in [0.2, 0.25) is 0 Å². The molecule has 40 heavy (non-hydrogen) atoms. The molecule has 0 aliphatic heterocycles. The summed E-state index contributed by atoms with van der Waals surface area (Å²) in [5.41, 5.74) is 3.33. The highest BCUT2D eigenvalue weighted by molar-refractivity contribution is 5.96. The minimum Gasteiger partial charge on any atom is -0.385 e. The Morgan fingerprint density at radius 1 is 1.10 bits per heavy atom. The lowest BCUT2D eigenvalue weighted by Gasteiger charge is -2.59. The van der Waals surface area contributed by atoms with Gasteiger partial charge in [0.1, 0.15) is 5.60 Å². The number of aromatic nitrogens is 1. The molecular weight excluding hydrogens is 502 g/mol. The summed E-state index contributed by atoms with van der Waals surface area (Å²) in [5, 5.41) is 19.9. The average molecular weight is 546 g/mol. The standard InChI is InChI=1S/C33H43N3O4/c1-21(37)33(39)16-12-28-26-9-8-23-18-24(10-14-31(23,2)27(26)11-15-32(28,33)3)36-40-20-30(38)34-17-13-22-19-35-29-7-5-4-6-25(22)29/h4-7,18-19,26-28,35,39H,8-17,20H2,1-3H3,(H,34,38)/t26-,27+,28+,31+,32+,33+/m1/s1. The lowest BCUT2D eigenvalue weighted by atomic mass is 9.46. The van der Waals surface area contributed by atoms with Gasteiger partial charge in [-0.3, -0.25) is 9.59 Å². The zero-order chi connectivity index (χ0) is 28.1. The van der Waals surface area contributed by atoms with Crippen molar-refractivity contribution in [1.82, 2.24) is 10.3 Å². The average Bonchev–Trinajstić information content (AvgIpc) is 3.47. The van der Waals surface area contributed by atoms with Crippen LogP contribution in [0, 0.1) is 28.6 Å². The van der Waals surface area contributed by atoms with Crippen molar-refractivity contribution in [1.29, 1.82) is 0 Å². The van der Waals surface area contributed by atoms with Crippen LogP contribution in [-0.4, -0.2) is 46.2 Å². The van der Waals surface area contributed by atoms with Crippen molar-refractivity contribution in [2.45, 2.75) is 84.2 Å². The number of carbonyl (C=O) groups excluding carboxylic acids is 2. The molecule has 6 rings (SSSR count). The number of hydrogen-bond acceptors (Lipinski definition) is 5. The SMILES string of the molecule is CC(=O)[C@@]1(O)CC[C@H]2[C@@H]3CCC4=CC(=NOCC(=O)NCCc5c[nH]c6ccccc56)CC[C@]4(C)[C@H]3CC[C@@]21C. The van der Waals surface area contributed by atoms with Crippen molar-refractivity contribution < 1.29 is 19.5 Å². The van der Waals surface area contributed by atoms with Crippen LogP contribution in [0.15, 0.2) is 47.3 Å². The Balaban J connectivity index is 1.04. The Hall–Kier alpha value is -2.93.